The second-order valence-electron chi connectivity index (χ2n) is 14.2. The van der Waals surface area contributed by atoms with Crippen LogP contribution in [0.5, 0.6) is 5.75 Å². The third-order valence-electron chi connectivity index (χ3n) is 7.61. The van der Waals surface area contributed by atoms with E-state index in [1.807, 2.05) is 0 Å². The smallest absolute Gasteiger partial charge is 0.123 e. The lowest BCUT2D eigenvalue weighted by atomic mass is 9.78. The Kier molecular flexibility index (Phi) is 13.2. The minimum Gasteiger partial charge on any atom is -0.507 e. The Morgan fingerprint density at radius 1 is 0.743 bits per heavy atom. The number of phenols is 1. The van der Waals surface area contributed by atoms with Gasteiger partial charge >= 0.3 is 0 Å². The number of phenolic OH excluding ortho intramolecular Hbond substituents is 1. The van der Waals surface area contributed by atoms with Gasteiger partial charge in [0.05, 0.1) is 0 Å². The molecular weight excluding hydrogens is 424 g/mol. The van der Waals surface area contributed by atoms with Crippen LogP contribution in [0.15, 0.2) is 23.8 Å². The number of hydrogen-bond donors (Lipinski definition) is 1. The van der Waals surface area contributed by atoms with Gasteiger partial charge in [-0.3, -0.25) is 0 Å². The average Bonchev–Trinajstić information content (AvgIpc) is 2.71. The zero-order chi connectivity index (χ0) is 26.8. The predicted molar refractivity (Wildman–Crippen MR) is 158 cm³/mol. The fourth-order valence-corrected chi connectivity index (χ4v) is 5.06. The Labute approximate surface area is 220 Å². The highest BCUT2D eigenvalue weighted by molar-refractivity contribution is 5.50. The van der Waals surface area contributed by atoms with Crippen molar-refractivity contribution in [2.45, 2.75) is 151 Å². The molecule has 1 N–H and O–H groups in total. The van der Waals surface area contributed by atoms with Crippen molar-refractivity contribution in [3.8, 4) is 5.75 Å². The molecule has 1 aromatic rings. The van der Waals surface area contributed by atoms with E-state index in [9.17, 15) is 5.11 Å². The largest absolute Gasteiger partial charge is 0.507 e. The molecule has 0 saturated heterocycles. The number of benzene rings is 1. The Morgan fingerprint density at radius 3 is 1.60 bits per heavy atom. The molecule has 1 nitrogen and oxygen atoms in total. The summed E-state index contributed by atoms with van der Waals surface area (Å²) in [4.78, 5) is 0. The van der Waals surface area contributed by atoms with Gasteiger partial charge in [0.1, 0.15) is 5.75 Å². The lowest BCUT2D eigenvalue weighted by Crippen LogP contribution is -2.17. The van der Waals surface area contributed by atoms with Crippen molar-refractivity contribution < 1.29 is 5.11 Å². The van der Waals surface area contributed by atoms with Gasteiger partial charge in [-0.1, -0.05) is 138 Å². The van der Waals surface area contributed by atoms with Crippen molar-refractivity contribution in [3.63, 3.8) is 0 Å². The van der Waals surface area contributed by atoms with E-state index in [4.69, 9.17) is 0 Å². The first-order valence-corrected chi connectivity index (χ1v) is 14.6. The first-order chi connectivity index (χ1) is 16.1. The van der Waals surface area contributed by atoms with Crippen LogP contribution in [0.4, 0.5) is 0 Å². The van der Waals surface area contributed by atoms with Crippen LogP contribution in [0.3, 0.4) is 0 Å². The van der Waals surface area contributed by atoms with E-state index < -0.39 is 0 Å². The van der Waals surface area contributed by atoms with Gasteiger partial charge in [0.2, 0.25) is 0 Å². The van der Waals surface area contributed by atoms with Crippen LogP contribution in [0.1, 0.15) is 151 Å². The SMILES string of the molecule is C/C(=C\Cc1cc(C(C)(C)C)c(O)c(C(C)(C)C)c1)CCCC(C)CCCC(C)CCCC(C)C. The molecule has 0 aromatic heterocycles. The molecule has 0 bridgehead atoms. The maximum Gasteiger partial charge on any atom is 0.123 e. The third kappa shape index (κ3) is 12.5. The molecule has 1 aromatic carbocycles. The average molecular weight is 485 g/mol. The molecule has 2 unspecified atom stereocenters. The Hall–Kier alpha value is -1.24. The van der Waals surface area contributed by atoms with Gasteiger partial charge in [0, 0.05) is 0 Å². The van der Waals surface area contributed by atoms with Gasteiger partial charge in [0.25, 0.3) is 0 Å². The molecule has 0 amide bonds. The van der Waals surface area contributed by atoms with E-state index in [0.29, 0.717) is 5.75 Å². The summed E-state index contributed by atoms with van der Waals surface area (Å²) in [7, 11) is 0. The van der Waals surface area contributed by atoms with Gasteiger partial charge < -0.3 is 5.11 Å². The van der Waals surface area contributed by atoms with Crippen LogP contribution in [0, 0.1) is 17.8 Å². The van der Waals surface area contributed by atoms with Crippen LogP contribution in [0.2, 0.25) is 0 Å². The summed E-state index contributed by atoms with van der Waals surface area (Å²) in [6.07, 6.45) is 15.6. The molecule has 0 heterocycles. The first kappa shape index (κ1) is 31.8. The van der Waals surface area contributed by atoms with Gasteiger partial charge in [0.15, 0.2) is 0 Å². The fraction of sp³-hybridized carbons (Fsp3) is 0.765. The zero-order valence-corrected chi connectivity index (χ0v) is 25.5. The van der Waals surface area contributed by atoms with Crippen molar-refractivity contribution in [1.29, 1.82) is 0 Å². The van der Waals surface area contributed by atoms with E-state index in [2.05, 4.69) is 94.4 Å². The summed E-state index contributed by atoms with van der Waals surface area (Å²) in [5, 5.41) is 11.0. The molecule has 1 heteroatoms. The normalized spacial score (nSPS) is 15.0. The topological polar surface area (TPSA) is 20.2 Å². The van der Waals surface area contributed by atoms with E-state index >= 15 is 0 Å². The second-order valence-corrected chi connectivity index (χ2v) is 14.2. The molecule has 0 fully saturated rings. The number of aromatic hydroxyl groups is 1. The molecule has 0 aliphatic heterocycles. The summed E-state index contributed by atoms with van der Waals surface area (Å²) < 4.78 is 0. The van der Waals surface area contributed by atoms with Crippen molar-refractivity contribution in [2.75, 3.05) is 0 Å². The molecular formula is C34H60O. The van der Waals surface area contributed by atoms with Gasteiger partial charge in [-0.2, -0.15) is 0 Å². The standard InChI is InChI=1S/C34H60O/c1-25(2)15-12-16-26(3)17-13-18-27(4)19-14-20-28(5)21-22-29-23-30(33(6,7)8)32(35)31(24-29)34(9,10)11/h21,23-27,35H,12-20,22H2,1-11H3/b28-21+. The Balaban J connectivity index is 2.53. The molecule has 1 rings (SSSR count). The highest BCUT2D eigenvalue weighted by atomic mass is 16.3. The lowest BCUT2D eigenvalue weighted by molar-refractivity contribution is 0.389. The van der Waals surface area contributed by atoms with Crippen molar-refractivity contribution in [3.05, 3.63) is 40.5 Å². The molecule has 0 aliphatic rings. The van der Waals surface area contributed by atoms with Gasteiger partial charge in [-0.15, -0.1) is 0 Å². The minimum atomic E-state index is -0.0686. The fourth-order valence-electron chi connectivity index (χ4n) is 5.06. The summed E-state index contributed by atoms with van der Waals surface area (Å²) >= 11 is 0. The van der Waals surface area contributed by atoms with E-state index in [0.717, 1.165) is 35.3 Å². The molecule has 2 atom stereocenters. The summed E-state index contributed by atoms with van der Waals surface area (Å²) in [6.45, 7) is 25.0. The van der Waals surface area contributed by atoms with E-state index in [1.165, 1.54) is 68.9 Å². The number of allylic oxidation sites excluding steroid dienone is 2. The summed E-state index contributed by atoms with van der Waals surface area (Å²) in [6, 6.07) is 4.44. The number of rotatable bonds is 14. The maximum atomic E-state index is 11.0. The predicted octanol–water partition coefficient (Wildman–Crippen LogP) is 10.9. The number of hydrogen-bond acceptors (Lipinski definition) is 1. The van der Waals surface area contributed by atoms with Crippen LogP contribution < -0.4 is 0 Å². The van der Waals surface area contributed by atoms with Crippen molar-refractivity contribution in [2.24, 2.45) is 17.8 Å². The van der Waals surface area contributed by atoms with Crippen LogP contribution in [-0.4, -0.2) is 5.11 Å². The van der Waals surface area contributed by atoms with Gasteiger partial charge in [-0.05, 0) is 71.5 Å². The van der Waals surface area contributed by atoms with Crippen LogP contribution >= 0.6 is 0 Å². The third-order valence-corrected chi connectivity index (χ3v) is 7.61. The Morgan fingerprint density at radius 2 is 1.17 bits per heavy atom. The first-order valence-electron chi connectivity index (χ1n) is 14.6. The van der Waals surface area contributed by atoms with E-state index in [-0.39, 0.29) is 10.8 Å². The quantitative estimate of drug-likeness (QED) is 0.260. The van der Waals surface area contributed by atoms with Crippen LogP contribution in [-0.2, 0) is 17.3 Å². The summed E-state index contributed by atoms with van der Waals surface area (Å²) in [5.41, 5.74) is 4.80. The molecule has 0 saturated carbocycles. The maximum absolute atomic E-state index is 11.0. The van der Waals surface area contributed by atoms with Crippen molar-refractivity contribution >= 4 is 0 Å². The van der Waals surface area contributed by atoms with E-state index in [1.54, 1.807) is 0 Å². The molecule has 0 aliphatic carbocycles. The molecule has 0 radical (unpaired) electrons. The zero-order valence-electron chi connectivity index (χ0n) is 25.5. The molecule has 0 spiro atoms. The minimum absolute atomic E-state index is 0.0686. The van der Waals surface area contributed by atoms with Gasteiger partial charge in [-0.25, -0.2) is 0 Å². The Bertz CT molecular complexity index is 734. The monoisotopic (exact) mass is 484 g/mol. The lowest BCUT2D eigenvalue weighted by Gasteiger charge is -2.28. The van der Waals surface area contributed by atoms with Crippen molar-refractivity contribution in [1.82, 2.24) is 0 Å². The van der Waals surface area contributed by atoms with Crippen LogP contribution in [0.25, 0.3) is 0 Å². The molecule has 202 valence electrons. The molecule has 35 heavy (non-hydrogen) atoms. The summed E-state index contributed by atoms with van der Waals surface area (Å²) in [5.74, 6) is 3.06. The highest BCUT2D eigenvalue weighted by Gasteiger charge is 2.26. The second kappa shape index (κ2) is 14.5. The highest BCUT2D eigenvalue weighted by Crippen LogP contribution is 2.40.